The zero-order valence-electron chi connectivity index (χ0n) is 9.89. The zero-order valence-corrected chi connectivity index (χ0v) is 11.4. The van der Waals surface area contributed by atoms with E-state index in [1.165, 1.54) is 13.2 Å². The minimum Gasteiger partial charge on any atom is -0.490 e. The summed E-state index contributed by atoms with van der Waals surface area (Å²) >= 11 is 11.9. The summed E-state index contributed by atoms with van der Waals surface area (Å²) in [6.07, 6.45) is 0. The van der Waals surface area contributed by atoms with E-state index in [0.717, 1.165) is 11.1 Å². The number of ether oxygens (including phenoxy) is 1. The molecule has 0 radical (unpaired) electrons. The highest BCUT2D eigenvalue weighted by Gasteiger charge is 2.16. The van der Waals surface area contributed by atoms with Gasteiger partial charge >= 0.3 is 5.69 Å². The first kappa shape index (κ1) is 13.6. The monoisotopic (exact) mass is 297 g/mol. The van der Waals surface area contributed by atoms with Gasteiger partial charge in [0.1, 0.15) is 0 Å². The van der Waals surface area contributed by atoms with Gasteiger partial charge < -0.3 is 4.74 Å². The number of methoxy groups -OCH3 is 1. The van der Waals surface area contributed by atoms with E-state index in [9.17, 15) is 10.1 Å². The van der Waals surface area contributed by atoms with E-state index in [0.29, 0.717) is 10.0 Å². The van der Waals surface area contributed by atoms with Crippen LogP contribution in [0.2, 0.25) is 10.0 Å². The Labute approximate surface area is 119 Å². The molecule has 19 heavy (non-hydrogen) atoms. The first-order valence-electron chi connectivity index (χ1n) is 5.31. The summed E-state index contributed by atoms with van der Waals surface area (Å²) in [5, 5.41) is 11.8. The maximum absolute atomic E-state index is 10.8. The summed E-state index contributed by atoms with van der Waals surface area (Å²) < 4.78 is 5.02. The number of hydrogen-bond donors (Lipinski definition) is 0. The van der Waals surface area contributed by atoms with Gasteiger partial charge in [0.15, 0.2) is 5.75 Å². The molecule has 0 N–H and O–H groups in total. The Morgan fingerprint density at radius 1 is 1.16 bits per heavy atom. The first-order valence-corrected chi connectivity index (χ1v) is 6.06. The van der Waals surface area contributed by atoms with Crippen molar-refractivity contribution in [1.82, 2.24) is 0 Å². The number of rotatable bonds is 3. The Balaban J connectivity index is 2.54. The van der Waals surface area contributed by atoms with Gasteiger partial charge in [-0.25, -0.2) is 0 Å². The zero-order chi connectivity index (χ0) is 14.0. The topological polar surface area (TPSA) is 52.4 Å². The number of benzene rings is 2. The van der Waals surface area contributed by atoms with Gasteiger partial charge in [-0.15, -0.1) is 0 Å². The molecule has 0 amide bonds. The molecule has 0 spiro atoms. The Kier molecular flexibility index (Phi) is 3.93. The molecule has 2 rings (SSSR count). The van der Waals surface area contributed by atoms with Crippen LogP contribution in [0.15, 0.2) is 36.4 Å². The Morgan fingerprint density at radius 3 is 2.47 bits per heavy atom. The van der Waals surface area contributed by atoms with E-state index in [2.05, 4.69) is 0 Å². The van der Waals surface area contributed by atoms with Crippen LogP contribution in [0.3, 0.4) is 0 Å². The second-order valence-corrected chi connectivity index (χ2v) is 4.61. The van der Waals surface area contributed by atoms with Crippen LogP contribution >= 0.6 is 23.2 Å². The fourth-order valence-electron chi connectivity index (χ4n) is 1.72. The van der Waals surface area contributed by atoms with Gasteiger partial charge in [0, 0.05) is 21.7 Å². The molecule has 98 valence electrons. The summed E-state index contributed by atoms with van der Waals surface area (Å²) in [4.78, 5) is 10.3. The average molecular weight is 298 g/mol. The molecule has 0 heterocycles. The Hall–Kier alpha value is -1.78. The van der Waals surface area contributed by atoms with Crippen LogP contribution < -0.4 is 4.74 Å². The molecule has 0 aliphatic carbocycles. The maximum atomic E-state index is 10.8. The number of nitrogens with zero attached hydrogens (tertiary/aromatic N) is 1. The van der Waals surface area contributed by atoms with Crippen molar-refractivity contribution in [2.24, 2.45) is 0 Å². The molecule has 0 fully saturated rings. The lowest BCUT2D eigenvalue weighted by Crippen LogP contribution is -1.94. The molecule has 4 nitrogen and oxygen atoms in total. The number of nitro benzene ring substituents is 1. The van der Waals surface area contributed by atoms with Gasteiger partial charge in [-0.2, -0.15) is 0 Å². The molecule has 0 unspecified atom stereocenters. The van der Waals surface area contributed by atoms with E-state index in [4.69, 9.17) is 27.9 Å². The number of hydrogen-bond acceptors (Lipinski definition) is 3. The van der Waals surface area contributed by atoms with Crippen molar-refractivity contribution in [2.45, 2.75) is 0 Å². The largest absolute Gasteiger partial charge is 0.490 e. The molecular weight excluding hydrogens is 289 g/mol. The van der Waals surface area contributed by atoms with Crippen molar-refractivity contribution in [3.63, 3.8) is 0 Å². The quantitative estimate of drug-likeness (QED) is 0.615. The van der Waals surface area contributed by atoms with Crippen LogP contribution in [0, 0.1) is 10.1 Å². The van der Waals surface area contributed by atoms with E-state index in [1.54, 1.807) is 30.3 Å². The molecule has 6 heteroatoms. The number of nitro groups is 1. The lowest BCUT2D eigenvalue weighted by atomic mass is 10.0. The number of halogens is 2. The van der Waals surface area contributed by atoms with Crippen molar-refractivity contribution in [1.29, 1.82) is 0 Å². The van der Waals surface area contributed by atoms with Crippen LogP contribution in [0.25, 0.3) is 11.1 Å². The first-order chi connectivity index (χ1) is 9.02. The Morgan fingerprint density at radius 2 is 1.89 bits per heavy atom. The predicted octanol–water partition coefficient (Wildman–Crippen LogP) is 4.58. The molecule has 2 aromatic rings. The molecule has 2 aromatic carbocycles. The van der Waals surface area contributed by atoms with E-state index < -0.39 is 4.92 Å². The van der Waals surface area contributed by atoms with Crippen molar-refractivity contribution in [2.75, 3.05) is 7.11 Å². The van der Waals surface area contributed by atoms with Gasteiger partial charge in [0.05, 0.1) is 12.0 Å². The van der Waals surface area contributed by atoms with Crippen LogP contribution in [0.4, 0.5) is 5.69 Å². The normalized spacial score (nSPS) is 10.3. The predicted molar refractivity (Wildman–Crippen MR) is 75.1 cm³/mol. The van der Waals surface area contributed by atoms with Crippen LogP contribution in [0.5, 0.6) is 5.75 Å². The molecule has 0 bridgehead atoms. The van der Waals surface area contributed by atoms with Crippen LogP contribution in [0.1, 0.15) is 0 Å². The van der Waals surface area contributed by atoms with Gasteiger partial charge in [-0.1, -0.05) is 29.3 Å². The van der Waals surface area contributed by atoms with Crippen molar-refractivity contribution < 1.29 is 9.66 Å². The molecule has 0 saturated heterocycles. The van der Waals surface area contributed by atoms with Crippen molar-refractivity contribution in [3.8, 4) is 16.9 Å². The summed E-state index contributed by atoms with van der Waals surface area (Å²) in [5.74, 6) is 0.188. The second kappa shape index (κ2) is 5.47. The third kappa shape index (κ3) is 2.80. The van der Waals surface area contributed by atoms with Gasteiger partial charge in [0.25, 0.3) is 0 Å². The van der Waals surface area contributed by atoms with Gasteiger partial charge in [0.2, 0.25) is 0 Å². The highest BCUT2D eigenvalue weighted by molar-refractivity contribution is 6.36. The summed E-state index contributed by atoms with van der Waals surface area (Å²) in [7, 11) is 1.38. The maximum Gasteiger partial charge on any atom is 0.310 e. The molecule has 0 aliphatic heterocycles. The van der Waals surface area contributed by atoms with Gasteiger partial charge in [-0.05, 0) is 29.8 Å². The van der Waals surface area contributed by atoms with Crippen LogP contribution in [-0.2, 0) is 0 Å². The molecule has 0 aromatic heterocycles. The second-order valence-electron chi connectivity index (χ2n) is 3.77. The lowest BCUT2D eigenvalue weighted by Gasteiger charge is -2.07. The third-order valence-electron chi connectivity index (χ3n) is 2.62. The smallest absolute Gasteiger partial charge is 0.310 e. The van der Waals surface area contributed by atoms with E-state index in [-0.39, 0.29) is 11.4 Å². The fraction of sp³-hybridized carbons (Fsp3) is 0.0769. The summed E-state index contributed by atoms with van der Waals surface area (Å²) in [6.45, 7) is 0. The molecule has 0 atom stereocenters. The highest BCUT2D eigenvalue weighted by Crippen LogP contribution is 2.35. The third-order valence-corrected chi connectivity index (χ3v) is 3.17. The summed E-state index contributed by atoms with van der Waals surface area (Å²) in [5.41, 5.74) is 1.37. The average Bonchev–Trinajstić information content (AvgIpc) is 2.37. The summed E-state index contributed by atoms with van der Waals surface area (Å²) in [6, 6.07) is 9.66. The van der Waals surface area contributed by atoms with E-state index in [1.807, 2.05) is 0 Å². The lowest BCUT2D eigenvalue weighted by molar-refractivity contribution is -0.385. The fourth-order valence-corrected chi connectivity index (χ4v) is 2.24. The van der Waals surface area contributed by atoms with Gasteiger partial charge in [-0.3, -0.25) is 10.1 Å². The Bertz CT molecular complexity index is 644. The highest BCUT2D eigenvalue weighted by atomic mass is 35.5. The van der Waals surface area contributed by atoms with Crippen molar-refractivity contribution in [3.05, 3.63) is 56.6 Å². The SMILES string of the molecule is COc1cc(-c2ccc(Cl)cc2Cl)ccc1[N+](=O)[O-]. The molecule has 0 aliphatic rings. The minimum atomic E-state index is -0.494. The minimum absolute atomic E-state index is 0.0867. The molecule has 0 saturated carbocycles. The van der Waals surface area contributed by atoms with E-state index >= 15 is 0 Å². The molecular formula is C13H9Cl2NO3. The standard InChI is InChI=1S/C13H9Cl2NO3/c1-19-13-6-8(2-5-12(13)16(17)18)10-4-3-9(14)7-11(10)15/h2-7H,1H3. The van der Waals surface area contributed by atoms with Crippen molar-refractivity contribution >= 4 is 28.9 Å². The van der Waals surface area contributed by atoms with Crippen LogP contribution in [-0.4, -0.2) is 12.0 Å².